The van der Waals surface area contributed by atoms with Gasteiger partial charge in [-0.15, -0.1) is 0 Å². The summed E-state index contributed by atoms with van der Waals surface area (Å²) < 4.78 is 17.4. The van der Waals surface area contributed by atoms with Crippen molar-refractivity contribution >= 4 is 11.8 Å². The molecule has 0 saturated heterocycles. The number of benzene rings is 2. The quantitative estimate of drug-likeness (QED) is 0.206. The summed E-state index contributed by atoms with van der Waals surface area (Å²) in [6, 6.07) is 7.21. The Morgan fingerprint density at radius 1 is 1.21 bits per heavy atom. The largest absolute Gasteiger partial charge is 0.495 e. The van der Waals surface area contributed by atoms with Crippen molar-refractivity contribution in [3.8, 4) is 29.1 Å². The van der Waals surface area contributed by atoms with Crippen molar-refractivity contribution < 1.29 is 23.8 Å². The smallest absolute Gasteiger partial charge is 0.346 e. The van der Waals surface area contributed by atoms with Gasteiger partial charge in [0, 0.05) is 18.4 Å². The van der Waals surface area contributed by atoms with Crippen LogP contribution in [-0.2, 0) is 11.3 Å². The molecular weight excluding hydrogens is 416 g/mol. The fourth-order valence-corrected chi connectivity index (χ4v) is 3.87. The number of carbonyl (C=O) groups excluding carboxylic acids is 2. The SMILES string of the molecule is CCCCCC#Cc1cc(C)cc2c1Oc1ccc(C(=O)CC(C)C)c(OC)c1C(=O)OC2. The Morgan fingerprint density at radius 3 is 2.70 bits per heavy atom. The van der Waals surface area contributed by atoms with E-state index >= 15 is 0 Å². The van der Waals surface area contributed by atoms with Gasteiger partial charge in [0.2, 0.25) is 0 Å². The van der Waals surface area contributed by atoms with Crippen LogP contribution in [-0.4, -0.2) is 18.9 Å². The zero-order valence-electron chi connectivity index (χ0n) is 20.2. The van der Waals surface area contributed by atoms with E-state index in [1.54, 1.807) is 12.1 Å². The number of ether oxygens (including phenoxy) is 3. The van der Waals surface area contributed by atoms with Crippen molar-refractivity contribution in [1.82, 2.24) is 0 Å². The third kappa shape index (κ3) is 5.76. The summed E-state index contributed by atoms with van der Waals surface area (Å²) in [5.74, 6) is 7.04. The van der Waals surface area contributed by atoms with Crippen LogP contribution in [0.2, 0.25) is 0 Å². The van der Waals surface area contributed by atoms with Gasteiger partial charge in [0.15, 0.2) is 5.78 Å². The van der Waals surface area contributed by atoms with Gasteiger partial charge in [-0.05, 0) is 49.1 Å². The van der Waals surface area contributed by atoms with E-state index in [4.69, 9.17) is 14.2 Å². The molecule has 2 aromatic carbocycles. The summed E-state index contributed by atoms with van der Waals surface area (Å²) in [5.41, 5.74) is 3.00. The number of methoxy groups -OCH3 is 1. The van der Waals surface area contributed by atoms with Gasteiger partial charge in [0.25, 0.3) is 0 Å². The van der Waals surface area contributed by atoms with E-state index in [2.05, 4.69) is 18.8 Å². The Labute approximate surface area is 196 Å². The lowest BCUT2D eigenvalue weighted by molar-refractivity contribution is 0.0455. The molecule has 33 heavy (non-hydrogen) atoms. The van der Waals surface area contributed by atoms with E-state index in [0.717, 1.165) is 42.4 Å². The molecule has 5 nitrogen and oxygen atoms in total. The second-order valence-corrected chi connectivity index (χ2v) is 8.78. The van der Waals surface area contributed by atoms with Gasteiger partial charge in [0.1, 0.15) is 29.4 Å². The van der Waals surface area contributed by atoms with Gasteiger partial charge in [-0.2, -0.15) is 0 Å². The lowest BCUT2D eigenvalue weighted by Crippen LogP contribution is -2.16. The van der Waals surface area contributed by atoms with Gasteiger partial charge in [-0.3, -0.25) is 4.79 Å². The Hall–Kier alpha value is -3.26. The van der Waals surface area contributed by atoms with E-state index in [9.17, 15) is 9.59 Å². The number of fused-ring (bicyclic) bond motifs is 2. The minimum Gasteiger partial charge on any atom is -0.495 e. The number of Topliss-reactive ketones (excluding diaryl/α,β-unsaturated/α-hetero) is 1. The van der Waals surface area contributed by atoms with Gasteiger partial charge in [0.05, 0.1) is 18.2 Å². The number of unbranched alkanes of at least 4 members (excludes halogenated alkanes) is 3. The number of hydrogen-bond acceptors (Lipinski definition) is 5. The summed E-state index contributed by atoms with van der Waals surface area (Å²) in [6.07, 6.45) is 4.53. The standard InChI is InChI=1S/C28H32O5/c1-6-7-8-9-10-11-20-15-19(4)16-21-17-32-28(30)25-24(33-26(20)21)13-12-22(27(25)31-5)23(29)14-18(2)3/h12-13,15-16,18H,6-9,14,17H2,1-5H3. The molecular formula is C28H32O5. The third-order valence-corrected chi connectivity index (χ3v) is 5.43. The van der Waals surface area contributed by atoms with Crippen molar-refractivity contribution in [1.29, 1.82) is 0 Å². The predicted octanol–water partition coefficient (Wildman–Crippen LogP) is 6.63. The number of hydrogen-bond donors (Lipinski definition) is 0. The van der Waals surface area contributed by atoms with Crippen molar-refractivity contribution in [2.24, 2.45) is 5.92 Å². The fourth-order valence-electron chi connectivity index (χ4n) is 3.87. The van der Waals surface area contributed by atoms with Crippen LogP contribution in [0.1, 0.15) is 90.3 Å². The zero-order chi connectivity index (χ0) is 24.0. The van der Waals surface area contributed by atoms with Crippen LogP contribution in [0.15, 0.2) is 24.3 Å². The van der Waals surface area contributed by atoms with E-state index in [1.165, 1.54) is 7.11 Å². The average Bonchev–Trinajstić information content (AvgIpc) is 2.76. The molecule has 1 heterocycles. The summed E-state index contributed by atoms with van der Waals surface area (Å²) in [6.45, 7) is 8.14. The topological polar surface area (TPSA) is 61.8 Å². The highest BCUT2D eigenvalue weighted by Crippen LogP contribution is 2.40. The van der Waals surface area contributed by atoms with Crippen LogP contribution in [0, 0.1) is 24.7 Å². The molecule has 0 fully saturated rings. The van der Waals surface area contributed by atoms with Crippen molar-refractivity contribution in [2.75, 3.05) is 7.11 Å². The number of rotatable bonds is 7. The number of aryl methyl sites for hydroxylation is 1. The minimum atomic E-state index is -0.583. The monoisotopic (exact) mass is 448 g/mol. The van der Waals surface area contributed by atoms with Crippen molar-refractivity contribution in [3.05, 3.63) is 52.1 Å². The molecule has 3 rings (SSSR count). The normalized spacial score (nSPS) is 12.4. The maximum Gasteiger partial charge on any atom is 0.346 e. The molecule has 0 aromatic heterocycles. The van der Waals surface area contributed by atoms with Crippen LogP contribution < -0.4 is 9.47 Å². The molecule has 1 aliphatic heterocycles. The molecule has 0 atom stereocenters. The second kappa shape index (κ2) is 11.0. The second-order valence-electron chi connectivity index (χ2n) is 8.78. The molecule has 0 aliphatic carbocycles. The molecule has 0 radical (unpaired) electrons. The van der Waals surface area contributed by atoms with Crippen LogP contribution in [0.5, 0.6) is 17.2 Å². The summed E-state index contributed by atoms with van der Waals surface area (Å²) in [5, 5.41) is 0. The van der Waals surface area contributed by atoms with E-state index in [-0.39, 0.29) is 35.4 Å². The molecule has 174 valence electrons. The van der Waals surface area contributed by atoms with E-state index < -0.39 is 5.97 Å². The van der Waals surface area contributed by atoms with Crippen LogP contribution >= 0.6 is 0 Å². The van der Waals surface area contributed by atoms with Gasteiger partial charge < -0.3 is 14.2 Å². The summed E-state index contributed by atoms with van der Waals surface area (Å²) >= 11 is 0. The summed E-state index contributed by atoms with van der Waals surface area (Å²) in [7, 11) is 1.44. The molecule has 1 aliphatic rings. The summed E-state index contributed by atoms with van der Waals surface area (Å²) in [4.78, 5) is 25.7. The zero-order valence-corrected chi connectivity index (χ0v) is 20.2. The van der Waals surface area contributed by atoms with E-state index in [0.29, 0.717) is 17.7 Å². The van der Waals surface area contributed by atoms with E-state index in [1.807, 2.05) is 32.9 Å². The van der Waals surface area contributed by atoms with Gasteiger partial charge in [-0.25, -0.2) is 4.79 Å². The Kier molecular flexibility index (Phi) is 8.16. The first-order valence-electron chi connectivity index (χ1n) is 11.6. The highest BCUT2D eigenvalue weighted by atomic mass is 16.5. The number of cyclic esters (lactones) is 1. The molecule has 0 amide bonds. The molecule has 0 N–H and O–H groups in total. The molecule has 0 spiro atoms. The lowest BCUT2D eigenvalue weighted by Gasteiger charge is -2.22. The van der Waals surface area contributed by atoms with Gasteiger partial charge in [-0.1, -0.05) is 45.5 Å². The highest BCUT2D eigenvalue weighted by Gasteiger charge is 2.29. The molecule has 0 bridgehead atoms. The fraction of sp³-hybridized carbons (Fsp3) is 0.429. The van der Waals surface area contributed by atoms with Crippen LogP contribution in [0.3, 0.4) is 0 Å². The van der Waals surface area contributed by atoms with Crippen molar-refractivity contribution in [3.63, 3.8) is 0 Å². The molecule has 2 aromatic rings. The highest BCUT2D eigenvalue weighted by molar-refractivity contribution is 6.05. The first-order chi connectivity index (χ1) is 15.8. The Morgan fingerprint density at radius 2 is 2.00 bits per heavy atom. The number of carbonyl (C=O) groups is 2. The Bertz CT molecular complexity index is 1100. The average molecular weight is 449 g/mol. The third-order valence-electron chi connectivity index (χ3n) is 5.43. The van der Waals surface area contributed by atoms with Crippen LogP contribution in [0.25, 0.3) is 0 Å². The predicted molar refractivity (Wildman–Crippen MR) is 128 cm³/mol. The number of ketones is 1. The van der Waals surface area contributed by atoms with Crippen molar-refractivity contribution in [2.45, 2.75) is 66.4 Å². The molecule has 0 saturated carbocycles. The Balaban J connectivity index is 2.07. The molecule has 0 unspecified atom stereocenters. The van der Waals surface area contributed by atoms with Crippen LogP contribution in [0.4, 0.5) is 0 Å². The molecule has 5 heteroatoms. The van der Waals surface area contributed by atoms with Gasteiger partial charge >= 0.3 is 5.97 Å². The number of esters is 1. The minimum absolute atomic E-state index is 0.0487. The first-order valence-corrected chi connectivity index (χ1v) is 11.6. The maximum atomic E-state index is 13.0. The lowest BCUT2D eigenvalue weighted by atomic mass is 9.97. The maximum absolute atomic E-state index is 13.0. The first kappa shape index (κ1) is 24.4.